The molecule has 2 aromatic carbocycles. The van der Waals surface area contributed by atoms with Crippen molar-refractivity contribution in [3.8, 4) is 0 Å². The van der Waals surface area contributed by atoms with E-state index in [0.29, 0.717) is 23.7 Å². The number of aromatic amines is 1. The number of benzene rings is 2. The van der Waals surface area contributed by atoms with Crippen LogP contribution in [0.1, 0.15) is 27.5 Å². The first-order valence-electron chi connectivity index (χ1n) is 8.20. The molecule has 0 aliphatic carbocycles. The Hall–Kier alpha value is -2.37. The predicted molar refractivity (Wildman–Crippen MR) is 96.9 cm³/mol. The molecule has 0 bridgehead atoms. The SMILES string of the molecule is Cc1n[nH]c2ccc(C(=O)N3C[C@@H](O)[C@H](c4ccc(Cl)cc4)C3)cc12. The Morgan fingerprint density at radius 3 is 2.76 bits per heavy atom. The van der Waals surface area contributed by atoms with Crippen LogP contribution in [0.3, 0.4) is 0 Å². The van der Waals surface area contributed by atoms with E-state index in [1.807, 2.05) is 43.3 Å². The summed E-state index contributed by atoms with van der Waals surface area (Å²) in [6.07, 6.45) is -0.579. The fourth-order valence-corrected chi connectivity index (χ4v) is 3.58. The molecule has 0 radical (unpaired) electrons. The van der Waals surface area contributed by atoms with Gasteiger partial charge < -0.3 is 10.0 Å². The fourth-order valence-electron chi connectivity index (χ4n) is 3.45. The van der Waals surface area contributed by atoms with E-state index in [9.17, 15) is 9.90 Å². The second kappa shape index (κ2) is 6.17. The summed E-state index contributed by atoms with van der Waals surface area (Å²) in [6.45, 7) is 2.72. The standard InChI is InChI=1S/C19H18ClN3O2/c1-11-15-8-13(4-7-17(15)22-21-11)19(25)23-9-16(18(24)10-23)12-2-5-14(20)6-3-12/h2-8,16,18,24H,9-10H2,1H3,(H,21,22)/t16-,18+/m0/s1. The number of carbonyl (C=O) groups is 1. The van der Waals surface area contributed by atoms with E-state index >= 15 is 0 Å². The molecule has 1 aliphatic rings. The van der Waals surface area contributed by atoms with E-state index in [1.54, 1.807) is 11.0 Å². The predicted octanol–water partition coefficient (Wildman–Crippen LogP) is 3.13. The van der Waals surface area contributed by atoms with Gasteiger partial charge in [0.25, 0.3) is 5.91 Å². The summed E-state index contributed by atoms with van der Waals surface area (Å²) in [5.41, 5.74) is 3.38. The molecule has 5 nitrogen and oxygen atoms in total. The molecule has 4 rings (SSSR count). The summed E-state index contributed by atoms with van der Waals surface area (Å²) in [4.78, 5) is 14.6. The number of nitrogens with zero attached hydrogens (tertiary/aromatic N) is 2. The minimum atomic E-state index is -0.579. The number of aryl methyl sites for hydroxylation is 1. The van der Waals surface area contributed by atoms with Crippen molar-refractivity contribution in [1.82, 2.24) is 15.1 Å². The summed E-state index contributed by atoms with van der Waals surface area (Å²) in [5, 5.41) is 19.1. The van der Waals surface area contributed by atoms with Crippen molar-refractivity contribution >= 4 is 28.4 Å². The molecule has 1 saturated heterocycles. The van der Waals surface area contributed by atoms with Crippen molar-refractivity contribution in [2.24, 2.45) is 0 Å². The van der Waals surface area contributed by atoms with Gasteiger partial charge >= 0.3 is 0 Å². The van der Waals surface area contributed by atoms with E-state index in [2.05, 4.69) is 10.2 Å². The summed E-state index contributed by atoms with van der Waals surface area (Å²) in [6, 6.07) is 13.0. The summed E-state index contributed by atoms with van der Waals surface area (Å²) < 4.78 is 0. The maximum Gasteiger partial charge on any atom is 0.253 e. The fraction of sp³-hybridized carbons (Fsp3) is 0.263. The van der Waals surface area contributed by atoms with Gasteiger partial charge in [0.05, 0.1) is 17.3 Å². The van der Waals surface area contributed by atoms with Crippen LogP contribution >= 0.6 is 11.6 Å². The number of β-amino-alcohol motifs (C(OH)–C–C–N with tert-alkyl or cyclic N) is 1. The van der Waals surface area contributed by atoms with E-state index in [4.69, 9.17) is 11.6 Å². The number of halogens is 1. The van der Waals surface area contributed by atoms with Crippen molar-refractivity contribution in [3.63, 3.8) is 0 Å². The average molecular weight is 356 g/mol. The van der Waals surface area contributed by atoms with Gasteiger partial charge in [0, 0.05) is 35.0 Å². The third-order valence-corrected chi connectivity index (χ3v) is 5.13. The maximum atomic E-state index is 12.9. The number of rotatable bonds is 2. The number of aromatic nitrogens is 2. The molecule has 128 valence electrons. The molecular weight excluding hydrogens is 338 g/mol. The normalized spacial score (nSPS) is 20.4. The van der Waals surface area contributed by atoms with Crippen LogP contribution in [0.4, 0.5) is 0 Å². The molecule has 0 spiro atoms. The van der Waals surface area contributed by atoms with Gasteiger partial charge in [-0.25, -0.2) is 0 Å². The molecule has 0 unspecified atom stereocenters. The molecule has 2 heterocycles. The molecule has 1 amide bonds. The highest BCUT2D eigenvalue weighted by atomic mass is 35.5. The number of hydrogen-bond acceptors (Lipinski definition) is 3. The van der Waals surface area contributed by atoms with E-state index in [0.717, 1.165) is 22.2 Å². The molecular formula is C19H18ClN3O2. The highest BCUT2D eigenvalue weighted by molar-refractivity contribution is 6.30. The van der Waals surface area contributed by atoms with Crippen LogP contribution in [0.5, 0.6) is 0 Å². The van der Waals surface area contributed by atoms with Crippen LogP contribution in [-0.4, -0.2) is 45.3 Å². The molecule has 25 heavy (non-hydrogen) atoms. The number of likely N-dealkylation sites (tertiary alicyclic amines) is 1. The first-order chi connectivity index (χ1) is 12.0. The lowest BCUT2D eigenvalue weighted by molar-refractivity contribution is 0.0765. The van der Waals surface area contributed by atoms with Gasteiger partial charge in [-0.2, -0.15) is 5.10 Å². The number of hydrogen-bond donors (Lipinski definition) is 2. The Bertz CT molecular complexity index is 935. The Balaban J connectivity index is 1.58. The van der Waals surface area contributed by atoms with Gasteiger partial charge in [-0.1, -0.05) is 23.7 Å². The number of nitrogens with one attached hydrogen (secondary N) is 1. The molecule has 2 N–H and O–H groups in total. The summed E-state index contributed by atoms with van der Waals surface area (Å²) in [5.74, 6) is -0.168. The highest BCUT2D eigenvalue weighted by Crippen LogP contribution is 2.30. The van der Waals surface area contributed by atoms with Gasteiger partial charge in [0.2, 0.25) is 0 Å². The lowest BCUT2D eigenvalue weighted by Gasteiger charge is -2.16. The number of fused-ring (bicyclic) bond motifs is 1. The minimum Gasteiger partial charge on any atom is -0.391 e. The maximum absolute atomic E-state index is 12.9. The number of aliphatic hydroxyl groups is 1. The van der Waals surface area contributed by atoms with Crippen molar-refractivity contribution in [1.29, 1.82) is 0 Å². The quantitative estimate of drug-likeness (QED) is 0.742. The lowest BCUT2D eigenvalue weighted by atomic mass is 9.96. The number of carbonyl (C=O) groups excluding carboxylic acids is 1. The Morgan fingerprint density at radius 2 is 2.00 bits per heavy atom. The zero-order valence-electron chi connectivity index (χ0n) is 13.7. The van der Waals surface area contributed by atoms with Crippen LogP contribution < -0.4 is 0 Å². The lowest BCUT2D eigenvalue weighted by Crippen LogP contribution is -2.29. The monoisotopic (exact) mass is 355 g/mol. The van der Waals surface area contributed by atoms with Gasteiger partial charge in [0.15, 0.2) is 0 Å². The topological polar surface area (TPSA) is 69.2 Å². The molecule has 0 saturated carbocycles. The molecule has 2 atom stereocenters. The number of aliphatic hydroxyl groups excluding tert-OH is 1. The van der Waals surface area contributed by atoms with Crippen molar-refractivity contribution in [2.75, 3.05) is 13.1 Å². The van der Waals surface area contributed by atoms with Crippen LogP contribution in [0.25, 0.3) is 10.9 Å². The average Bonchev–Trinajstić information content (AvgIpc) is 3.18. The van der Waals surface area contributed by atoms with Gasteiger partial charge in [-0.3, -0.25) is 9.89 Å². The molecule has 1 fully saturated rings. The largest absolute Gasteiger partial charge is 0.391 e. The van der Waals surface area contributed by atoms with Crippen molar-refractivity contribution in [2.45, 2.75) is 18.9 Å². The first-order valence-corrected chi connectivity index (χ1v) is 8.58. The second-order valence-electron chi connectivity index (χ2n) is 6.50. The molecule has 1 aliphatic heterocycles. The Kier molecular flexibility index (Phi) is 3.98. The number of amides is 1. The Labute approximate surface area is 150 Å². The minimum absolute atomic E-state index is 0.0713. The van der Waals surface area contributed by atoms with Gasteiger partial charge in [-0.15, -0.1) is 0 Å². The van der Waals surface area contributed by atoms with Crippen LogP contribution in [0, 0.1) is 6.92 Å². The van der Waals surface area contributed by atoms with E-state index in [-0.39, 0.29) is 11.8 Å². The van der Waals surface area contributed by atoms with Crippen molar-refractivity contribution in [3.05, 3.63) is 64.3 Å². The zero-order chi connectivity index (χ0) is 17.6. The highest BCUT2D eigenvalue weighted by Gasteiger charge is 2.35. The smallest absolute Gasteiger partial charge is 0.253 e. The second-order valence-corrected chi connectivity index (χ2v) is 6.94. The van der Waals surface area contributed by atoms with E-state index < -0.39 is 6.10 Å². The van der Waals surface area contributed by atoms with Gasteiger partial charge in [-0.05, 0) is 42.8 Å². The number of H-pyrrole nitrogens is 1. The van der Waals surface area contributed by atoms with Crippen LogP contribution in [-0.2, 0) is 0 Å². The summed E-state index contributed by atoms with van der Waals surface area (Å²) >= 11 is 5.93. The van der Waals surface area contributed by atoms with Crippen LogP contribution in [0.15, 0.2) is 42.5 Å². The van der Waals surface area contributed by atoms with Gasteiger partial charge in [0.1, 0.15) is 0 Å². The molecule has 1 aromatic heterocycles. The van der Waals surface area contributed by atoms with Crippen LogP contribution in [0.2, 0.25) is 5.02 Å². The molecule has 3 aromatic rings. The van der Waals surface area contributed by atoms with Crippen molar-refractivity contribution < 1.29 is 9.90 Å². The first kappa shape index (κ1) is 16.1. The third-order valence-electron chi connectivity index (χ3n) is 4.87. The molecule has 6 heteroatoms. The Morgan fingerprint density at radius 1 is 1.24 bits per heavy atom. The van der Waals surface area contributed by atoms with E-state index in [1.165, 1.54) is 0 Å². The zero-order valence-corrected chi connectivity index (χ0v) is 14.5. The third kappa shape index (κ3) is 2.90. The summed E-state index contributed by atoms with van der Waals surface area (Å²) in [7, 11) is 0.